The molecule has 1 saturated heterocycles. The van der Waals surface area contributed by atoms with Gasteiger partial charge in [-0.25, -0.2) is 4.98 Å². The second-order valence-electron chi connectivity index (χ2n) is 4.49. The first kappa shape index (κ1) is 16.4. The summed E-state index contributed by atoms with van der Waals surface area (Å²) < 4.78 is 5.28. The first-order valence-electron chi connectivity index (χ1n) is 6.41. The van der Waals surface area contributed by atoms with Crippen LogP contribution in [0.2, 0.25) is 0 Å². The molecule has 21 heavy (non-hydrogen) atoms. The number of rotatable bonds is 4. The zero-order chi connectivity index (χ0) is 13.8. The van der Waals surface area contributed by atoms with Crippen LogP contribution in [0.25, 0.3) is 11.5 Å². The Morgan fingerprint density at radius 3 is 3.19 bits per heavy atom. The predicted molar refractivity (Wildman–Crippen MR) is 89.4 cm³/mol. The van der Waals surface area contributed by atoms with Gasteiger partial charge >= 0.3 is 0 Å². The second kappa shape index (κ2) is 7.84. The molecule has 114 valence electrons. The lowest BCUT2D eigenvalue weighted by Crippen LogP contribution is -2.39. The highest BCUT2D eigenvalue weighted by atomic mass is 35.5. The van der Waals surface area contributed by atoms with E-state index < -0.39 is 0 Å². The molecule has 0 saturated carbocycles. The van der Waals surface area contributed by atoms with Gasteiger partial charge in [0.25, 0.3) is 0 Å². The van der Waals surface area contributed by atoms with Crippen LogP contribution in [-0.4, -0.2) is 35.0 Å². The zero-order valence-corrected chi connectivity index (χ0v) is 13.7. The summed E-state index contributed by atoms with van der Waals surface area (Å²) in [6.07, 6.45) is 2.10. The van der Waals surface area contributed by atoms with E-state index in [1.165, 1.54) is 11.3 Å². The molecule has 0 radical (unpaired) electrons. The van der Waals surface area contributed by atoms with Crippen molar-refractivity contribution < 1.29 is 9.21 Å². The van der Waals surface area contributed by atoms with Gasteiger partial charge in [-0.3, -0.25) is 4.79 Å². The van der Waals surface area contributed by atoms with E-state index in [-0.39, 0.29) is 24.4 Å². The number of thiazole rings is 1. The average molecular weight is 346 g/mol. The summed E-state index contributed by atoms with van der Waals surface area (Å²) in [7, 11) is 0. The first-order chi connectivity index (χ1) is 9.81. The van der Waals surface area contributed by atoms with Crippen LogP contribution in [0.4, 0.5) is 5.13 Å². The predicted octanol–water partition coefficient (Wildman–Crippen LogP) is 2.86. The minimum absolute atomic E-state index is 0. The molecule has 0 bridgehead atoms. The van der Waals surface area contributed by atoms with Gasteiger partial charge in [0.1, 0.15) is 5.69 Å². The summed E-state index contributed by atoms with van der Waals surface area (Å²) in [5, 5.41) is 8.69. The minimum Gasteiger partial charge on any atom is -0.463 e. The number of anilines is 1. The summed E-state index contributed by atoms with van der Waals surface area (Å²) in [5.74, 6) is 2.83. The third-order valence-electron chi connectivity index (χ3n) is 2.95. The molecule has 0 aromatic carbocycles. The van der Waals surface area contributed by atoms with Gasteiger partial charge in [-0.15, -0.1) is 23.7 Å². The third-order valence-corrected chi connectivity index (χ3v) is 4.84. The molecule has 1 amide bonds. The van der Waals surface area contributed by atoms with Crippen molar-refractivity contribution in [1.82, 2.24) is 10.3 Å². The Labute approximate surface area is 137 Å². The highest BCUT2D eigenvalue weighted by Crippen LogP contribution is 2.25. The number of halogens is 1. The molecule has 2 aromatic heterocycles. The first-order valence-corrected chi connectivity index (χ1v) is 8.45. The van der Waals surface area contributed by atoms with Crippen LogP contribution >= 0.6 is 35.5 Å². The monoisotopic (exact) mass is 345 g/mol. The zero-order valence-electron chi connectivity index (χ0n) is 11.2. The maximum atomic E-state index is 12.0. The van der Waals surface area contributed by atoms with Crippen LogP contribution in [0.3, 0.4) is 0 Å². The molecule has 1 fully saturated rings. The van der Waals surface area contributed by atoms with Gasteiger partial charge in [0, 0.05) is 35.9 Å². The number of aromatic nitrogens is 1. The third kappa shape index (κ3) is 4.47. The maximum Gasteiger partial charge on any atom is 0.227 e. The molecule has 1 aliphatic rings. The quantitative estimate of drug-likeness (QED) is 0.891. The van der Waals surface area contributed by atoms with Crippen LogP contribution in [0.5, 0.6) is 0 Å². The van der Waals surface area contributed by atoms with Crippen molar-refractivity contribution in [3.05, 3.63) is 23.8 Å². The van der Waals surface area contributed by atoms with E-state index in [9.17, 15) is 4.79 Å². The van der Waals surface area contributed by atoms with Crippen molar-refractivity contribution >= 4 is 46.5 Å². The molecule has 2 aromatic rings. The average Bonchev–Trinajstić information content (AvgIpc) is 3.10. The van der Waals surface area contributed by atoms with Crippen LogP contribution in [0.15, 0.2) is 28.2 Å². The largest absolute Gasteiger partial charge is 0.463 e. The Kier molecular flexibility index (Phi) is 6.10. The Morgan fingerprint density at radius 2 is 2.48 bits per heavy atom. The molecular formula is C13H16ClN3O2S2. The highest BCUT2D eigenvalue weighted by Gasteiger charge is 2.17. The summed E-state index contributed by atoms with van der Waals surface area (Å²) in [4.78, 5) is 16.3. The molecule has 1 unspecified atom stereocenters. The molecule has 5 nitrogen and oxygen atoms in total. The number of thioether (sulfide) groups is 1. The van der Waals surface area contributed by atoms with Crippen LogP contribution in [0, 0.1) is 0 Å². The molecule has 0 aliphatic carbocycles. The summed E-state index contributed by atoms with van der Waals surface area (Å²) in [5.41, 5.74) is 0.752. The second-order valence-corrected chi connectivity index (χ2v) is 6.50. The molecule has 3 rings (SSSR count). The van der Waals surface area contributed by atoms with Gasteiger partial charge in [0.15, 0.2) is 10.9 Å². The van der Waals surface area contributed by atoms with E-state index in [1.54, 1.807) is 6.26 Å². The molecule has 3 heterocycles. The number of nitrogens with zero attached hydrogens (tertiary/aromatic N) is 1. The molecule has 8 heteroatoms. The summed E-state index contributed by atoms with van der Waals surface area (Å²) in [6.45, 7) is 0.975. The van der Waals surface area contributed by atoms with Gasteiger partial charge in [0.2, 0.25) is 5.91 Å². The van der Waals surface area contributed by atoms with Crippen molar-refractivity contribution in [2.45, 2.75) is 12.5 Å². The van der Waals surface area contributed by atoms with Gasteiger partial charge in [-0.1, -0.05) is 0 Å². The van der Waals surface area contributed by atoms with Gasteiger partial charge in [0.05, 0.1) is 6.26 Å². The number of amides is 1. The van der Waals surface area contributed by atoms with Crippen LogP contribution in [-0.2, 0) is 4.79 Å². The number of carbonyl (C=O) groups excluding carboxylic acids is 1. The fourth-order valence-electron chi connectivity index (χ4n) is 2.01. The lowest BCUT2D eigenvalue weighted by molar-refractivity contribution is -0.116. The molecular weight excluding hydrogens is 330 g/mol. The number of furan rings is 1. The van der Waals surface area contributed by atoms with Crippen molar-refractivity contribution in [3.63, 3.8) is 0 Å². The maximum absolute atomic E-state index is 12.0. The van der Waals surface area contributed by atoms with Crippen LogP contribution < -0.4 is 10.6 Å². The van der Waals surface area contributed by atoms with Crippen molar-refractivity contribution in [1.29, 1.82) is 0 Å². The molecule has 2 N–H and O–H groups in total. The number of hydrogen-bond donors (Lipinski definition) is 2. The Hall–Kier alpha value is -1.02. The summed E-state index contributed by atoms with van der Waals surface area (Å²) >= 11 is 3.30. The number of hydrogen-bond acceptors (Lipinski definition) is 6. The van der Waals surface area contributed by atoms with Crippen molar-refractivity contribution in [2.24, 2.45) is 0 Å². The Morgan fingerprint density at radius 1 is 1.57 bits per heavy atom. The molecule has 1 atom stereocenters. The fourth-order valence-corrected chi connectivity index (χ4v) is 3.68. The summed E-state index contributed by atoms with van der Waals surface area (Å²) in [6, 6.07) is 3.93. The van der Waals surface area contributed by atoms with E-state index in [4.69, 9.17) is 4.42 Å². The van der Waals surface area contributed by atoms with E-state index in [0.29, 0.717) is 17.3 Å². The Bertz CT molecular complexity index is 568. The van der Waals surface area contributed by atoms with Crippen molar-refractivity contribution in [2.75, 3.05) is 23.4 Å². The van der Waals surface area contributed by atoms with Gasteiger partial charge in [-0.05, 0) is 12.1 Å². The van der Waals surface area contributed by atoms with E-state index in [2.05, 4.69) is 15.6 Å². The highest BCUT2D eigenvalue weighted by molar-refractivity contribution is 7.99. The van der Waals surface area contributed by atoms with Gasteiger partial charge in [-0.2, -0.15) is 11.8 Å². The minimum atomic E-state index is 0. The van der Waals surface area contributed by atoms with E-state index in [1.807, 2.05) is 29.3 Å². The number of nitrogens with one attached hydrogen (secondary N) is 2. The number of carbonyl (C=O) groups is 1. The van der Waals surface area contributed by atoms with Gasteiger partial charge < -0.3 is 15.1 Å². The van der Waals surface area contributed by atoms with E-state index >= 15 is 0 Å². The molecule has 1 aliphatic heterocycles. The lowest BCUT2D eigenvalue weighted by atomic mass is 10.2. The molecule has 0 spiro atoms. The lowest BCUT2D eigenvalue weighted by Gasteiger charge is -2.22. The van der Waals surface area contributed by atoms with Crippen LogP contribution in [0.1, 0.15) is 6.42 Å². The topological polar surface area (TPSA) is 67.2 Å². The standard InChI is InChI=1S/C13H15N3O2S2.ClH/c17-12(6-9-7-19-5-3-14-9)16-13-15-10(8-20-13)11-2-1-4-18-11;/h1-2,4,8-9,14H,3,5-7H2,(H,15,16,17);1H. The smallest absolute Gasteiger partial charge is 0.227 e. The van der Waals surface area contributed by atoms with E-state index in [0.717, 1.165) is 23.7 Å². The fraction of sp³-hybridized carbons (Fsp3) is 0.385. The Balaban J connectivity index is 0.00000161. The normalized spacial score (nSPS) is 18.0. The van der Waals surface area contributed by atoms with Crippen molar-refractivity contribution in [3.8, 4) is 11.5 Å². The SMILES string of the molecule is Cl.O=C(CC1CSCCN1)Nc1nc(-c2ccco2)cs1.